The van der Waals surface area contributed by atoms with E-state index in [9.17, 15) is 0 Å². The van der Waals surface area contributed by atoms with Crippen molar-refractivity contribution in [1.29, 1.82) is 0 Å². The van der Waals surface area contributed by atoms with Gasteiger partial charge in [-0.1, -0.05) is 0 Å². The molecule has 0 aromatic rings. The molecule has 0 aromatic heterocycles. The van der Waals surface area contributed by atoms with Crippen molar-refractivity contribution in [2.24, 2.45) is 0 Å². The number of aliphatic hydroxyl groups excluding tert-OH is 1. The van der Waals surface area contributed by atoms with Crippen LogP contribution < -0.4 is 0 Å². The molecule has 0 aliphatic heterocycles. The molecule has 1 N–H and O–H groups in total. The van der Waals surface area contributed by atoms with Crippen molar-refractivity contribution in [3.8, 4) is 0 Å². The molecule has 0 amide bonds. The predicted molar refractivity (Wildman–Crippen MR) is 10.2 cm³/mol. The van der Waals surface area contributed by atoms with Crippen molar-refractivity contribution in [3.05, 3.63) is 0 Å². The van der Waals surface area contributed by atoms with E-state index in [4.69, 9.17) is 16.5 Å². The summed E-state index contributed by atoms with van der Waals surface area (Å²) in [4.78, 5) is 0. The van der Waals surface area contributed by atoms with Crippen molar-refractivity contribution in [1.82, 2.24) is 0 Å². The zero-order chi connectivity index (χ0) is 5.58. The van der Waals surface area contributed by atoms with Crippen LogP contribution in [-0.2, 0) is 25.4 Å². The molecule has 0 saturated heterocycles. The molecule has 0 radical (unpaired) electrons. The normalized spacial score (nSPS) is 5.00. The van der Waals surface area contributed by atoms with Crippen molar-refractivity contribution >= 4 is 0 Å². The molecule has 0 saturated carbocycles. The third-order valence-corrected chi connectivity index (χ3v) is 0. The van der Waals surface area contributed by atoms with Crippen molar-refractivity contribution in [2.75, 3.05) is 7.11 Å². The molecule has 0 aromatic carbocycles. The molecule has 0 aliphatic rings. The minimum atomic E-state index is -3.79. The number of rotatable bonds is 0. The summed E-state index contributed by atoms with van der Waals surface area (Å²) in [6.45, 7) is 0. The van der Waals surface area contributed by atoms with E-state index in [-0.39, 0.29) is 0 Å². The van der Waals surface area contributed by atoms with Gasteiger partial charge in [0.1, 0.15) is 0 Å². The Morgan fingerprint density at radius 2 is 1.17 bits per heavy atom. The van der Waals surface area contributed by atoms with Crippen LogP contribution in [0.2, 0.25) is 0 Å². The molecule has 38 valence electrons. The van der Waals surface area contributed by atoms with Gasteiger partial charge >= 0.3 is 25.4 Å². The van der Waals surface area contributed by atoms with Crippen LogP contribution in [0.15, 0.2) is 0 Å². The van der Waals surface area contributed by atoms with Gasteiger partial charge in [-0.05, 0) is 0 Å². The molecule has 0 heterocycles. The van der Waals surface area contributed by atoms with E-state index >= 15 is 0 Å². The Morgan fingerprint density at radius 1 is 1.17 bits per heavy atom. The van der Waals surface area contributed by atoms with Gasteiger partial charge in [-0.25, -0.2) is 0 Å². The van der Waals surface area contributed by atoms with Crippen molar-refractivity contribution < 1.29 is 30.5 Å². The van der Waals surface area contributed by atoms with E-state index in [0.717, 1.165) is 7.11 Å². The van der Waals surface area contributed by atoms with Gasteiger partial charge in [-0.2, -0.15) is 0 Å². The second kappa shape index (κ2) is 8.86. The van der Waals surface area contributed by atoms with Gasteiger partial charge in [0, 0.05) is 7.11 Å². The fourth-order valence-electron chi connectivity index (χ4n) is 0. The molecular formula is CH4CrO4. The standard InChI is InChI=1S/CH4O.Cr.3O/c1-2;;;;/h2H,1H3;;;;. The maximum absolute atomic E-state index is 8.54. The van der Waals surface area contributed by atoms with Crippen LogP contribution >= 0.6 is 0 Å². The Balaban J connectivity index is 0. The Hall–Kier alpha value is -0.108. The SMILES string of the molecule is CO.[O]=[Cr](=[O])=[O]. The monoisotopic (exact) mass is 132 g/mol. The summed E-state index contributed by atoms with van der Waals surface area (Å²) in [6, 6.07) is 0. The average Bonchev–Trinajstić information content (AvgIpc) is 1.41. The van der Waals surface area contributed by atoms with E-state index in [2.05, 4.69) is 0 Å². The summed E-state index contributed by atoms with van der Waals surface area (Å²) in [5.41, 5.74) is 0. The van der Waals surface area contributed by atoms with E-state index in [0.29, 0.717) is 0 Å². The molecule has 0 unspecified atom stereocenters. The molecule has 6 heavy (non-hydrogen) atoms. The van der Waals surface area contributed by atoms with Crippen LogP contribution in [0.4, 0.5) is 0 Å². The molecule has 5 heteroatoms. The van der Waals surface area contributed by atoms with Crippen LogP contribution in [0, 0.1) is 0 Å². The summed E-state index contributed by atoms with van der Waals surface area (Å²) >= 11 is -3.79. The van der Waals surface area contributed by atoms with Crippen LogP contribution in [0.25, 0.3) is 0 Å². The predicted octanol–water partition coefficient (Wildman–Crippen LogP) is -0.750. The minimum absolute atomic E-state index is 1.00. The Labute approximate surface area is 38.4 Å². The zero-order valence-corrected chi connectivity index (χ0v) is 4.36. The summed E-state index contributed by atoms with van der Waals surface area (Å²) in [6.07, 6.45) is 0. The zero-order valence-electron chi connectivity index (χ0n) is 3.08. The van der Waals surface area contributed by atoms with Crippen LogP contribution in [0.3, 0.4) is 0 Å². The first-order chi connectivity index (χ1) is 2.73. The van der Waals surface area contributed by atoms with Crippen LogP contribution in [-0.4, -0.2) is 12.2 Å². The molecular weight excluding hydrogens is 128 g/mol. The topological polar surface area (TPSA) is 71.4 Å². The first kappa shape index (κ1) is 9.31. The fourth-order valence-corrected chi connectivity index (χ4v) is 0. The summed E-state index contributed by atoms with van der Waals surface area (Å²) in [5.74, 6) is 0. The summed E-state index contributed by atoms with van der Waals surface area (Å²) < 4.78 is 25.6. The molecule has 0 spiro atoms. The first-order valence-electron chi connectivity index (χ1n) is 0.947. The Kier molecular flexibility index (Phi) is 13.7. The second-order valence-corrected chi connectivity index (χ2v) is 0.842. The summed E-state index contributed by atoms with van der Waals surface area (Å²) in [7, 11) is 1.00. The van der Waals surface area contributed by atoms with Gasteiger partial charge in [-0.15, -0.1) is 0 Å². The van der Waals surface area contributed by atoms with Gasteiger partial charge in [0.2, 0.25) is 0 Å². The third kappa shape index (κ3) is 2820. The molecule has 0 rings (SSSR count). The van der Waals surface area contributed by atoms with Crippen molar-refractivity contribution in [2.45, 2.75) is 0 Å². The van der Waals surface area contributed by atoms with Gasteiger partial charge in [-0.3, -0.25) is 0 Å². The second-order valence-electron chi connectivity index (χ2n) is 0.204. The third-order valence-electron chi connectivity index (χ3n) is 0. The number of hydrogen-bond acceptors (Lipinski definition) is 4. The van der Waals surface area contributed by atoms with E-state index in [1.165, 1.54) is 0 Å². The average molecular weight is 132 g/mol. The van der Waals surface area contributed by atoms with Gasteiger partial charge in [0.25, 0.3) is 0 Å². The number of aliphatic hydroxyl groups is 1. The van der Waals surface area contributed by atoms with E-state index in [1.54, 1.807) is 0 Å². The Morgan fingerprint density at radius 3 is 1.17 bits per heavy atom. The first-order valence-corrected chi connectivity index (χ1v) is 2.51. The van der Waals surface area contributed by atoms with Gasteiger partial charge in [0.15, 0.2) is 0 Å². The van der Waals surface area contributed by atoms with Gasteiger partial charge in [0.05, 0.1) is 0 Å². The van der Waals surface area contributed by atoms with Crippen LogP contribution in [0.1, 0.15) is 0 Å². The Bertz CT molecular complexity index is 76.9. The molecule has 0 bridgehead atoms. The van der Waals surface area contributed by atoms with E-state index < -0.39 is 14.0 Å². The molecule has 0 aliphatic carbocycles. The molecule has 0 atom stereocenters. The fraction of sp³-hybridized carbons (Fsp3) is 1.00. The summed E-state index contributed by atoms with van der Waals surface area (Å²) in [5, 5.41) is 7.00. The van der Waals surface area contributed by atoms with Crippen molar-refractivity contribution in [3.63, 3.8) is 0 Å². The van der Waals surface area contributed by atoms with Crippen LogP contribution in [0.5, 0.6) is 0 Å². The maximum atomic E-state index is 8.54. The quantitative estimate of drug-likeness (QED) is 0.470. The van der Waals surface area contributed by atoms with Gasteiger partial charge < -0.3 is 5.11 Å². The molecule has 0 fully saturated rings. The van der Waals surface area contributed by atoms with E-state index in [1.807, 2.05) is 0 Å². The number of hydrogen-bond donors (Lipinski definition) is 1. The molecule has 4 nitrogen and oxygen atoms in total.